The van der Waals surface area contributed by atoms with Gasteiger partial charge in [-0.2, -0.15) is 0 Å². The maximum Gasteiger partial charge on any atom is 0.148 e. The fraction of sp³-hybridized carbons (Fsp3) is 0.438. The highest BCUT2D eigenvalue weighted by molar-refractivity contribution is 6.33. The van der Waals surface area contributed by atoms with E-state index >= 15 is 0 Å². The Morgan fingerprint density at radius 1 is 0.955 bits per heavy atom. The molecule has 1 aromatic carbocycles. The van der Waals surface area contributed by atoms with E-state index in [0.29, 0.717) is 0 Å². The van der Waals surface area contributed by atoms with E-state index in [0.717, 1.165) is 67.7 Å². The lowest BCUT2D eigenvalue weighted by Crippen LogP contribution is -2.44. The van der Waals surface area contributed by atoms with Crippen LogP contribution in [0.15, 0.2) is 24.3 Å². The number of hydrogen-bond donors (Lipinski definition) is 2. The number of benzene rings is 1. The number of rotatable bonds is 2. The molecule has 2 aromatic rings. The number of aromatic nitrogens is 1. The highest BCUT2D eigenvalue weighted by Gasteiger charge is 2.17. The number of fused-ring (bicyclic) bond motifs is 1. The number of nitrogens with one attached hydrogen (secondary N) is 2. The summed E-state index contributed by atoms with van der Waals surface area (Å²) in [5.41, 5.74) is 2.24. The van der Waals surface area contributed by atoms with Crippen molar-refractivity contribution in [3.63, 3.8) is 0 Å². The molecule has 2 aliphatic rings. The number of piperazine rings is 1. The molecule has 0 atom stereocenters. The first-order valence-corrected chi connectivity index (χ1v) is 8.21. The Morgan fingerprint density at radius 2 is 1.73 bits per heavy atom. The summed E-state index contributed by atoms with van der Waals surface area (Å²) in [5, 5.41) is 8.56. The van der Waals surface area contributed by atoms with Crippen LogP contribution >= 0.6 is 11.6 Å². The second-order valence-electron chi connectivity index (χ2n) is 5.83. The van der Waals surface area contributed by atoms with E-state index in [9.17, 15) is 0 Å². The molecule has 0 bridgehead atoms. The van der Waals surface area contributed by atoms with Crippen molar-refractivity contribution < 1.29 is 0 Å². The summed E-state index contributed by atoms with van der Waals surface area (Å²) in [6, 6.07) is 8.49. The topological polar surface area (TPSA) is 43.4 Å². The van der Waals surface area contributed by atoms with E-state index in [2.05, 4.69) is 38.6 Å². The molecular weight excluding hydrogens is 298 g/mol. The molecule has 0 radical (unpaired) electrons. The Hall–Kier alpha value is -1.56. The first-order valence-electron chi connectivity index (χ1n) is 7.83. The molecule has 1 aromatic heterocycles. The summed E-state index contributed by atoms with van der Waals surface area (Å²) in [6.07, 6.45) is 0. The molecule has 6 heteroatoms. The lowest BCUT2D eigenvalue weighted by atomic mass is 10.2. The zero-order valence-corrected chi connectivity index (χ0v) is 13.2. The molecule has 5 nitrogen and oxygen atoms in total. The number of hydrogen-bond acceptors (Lipinski definition) is 5. The molecule has 0 saturated carbocycles. The van der Waals surface area contributed by atoms with E-state index < -0.39 is 0 Å². The highest BCUT2D eigenvalue weighted by atomic mass is 35.5. The predicted molar refractivity (Wildman–Crippen MR) is 92.1 cm³/mol. The third kappa shape index (κ3) is 2.60. The van der Waals surface area contributed by atoms with Crippen molar-refractivity contribution in [3.8, 4) is 0 Å². The van der Waals surface area contributed by atoms with Gasteiger partial charge >= 0.3 is 0 Å². The van der Waals surface area contributed by atoms with E-state index in [1.807, 2.05) is 6.07 Å². The lowest BCUT2D eigenvalue weighted by molar-refractivity contribution is 0.585. The fourth-order valence-corrected chi connectivity index (χ4v) is 3.43. The molecule has 22 heavy (non-hydrogen) atoms. The molecule has 2 aliphatic heterocycles. The van der Waals surface area contributed by atoms with Gasteiger partial charge in [-0.1, -0.05) is 11.6 Å². The Morgan fingerprint density at radius 3 is 2.50 bits per heavy atom. The molecule has 2 fully saturated rings. The van der Waals surface area contributed by atoms with Crippen LogP contribution in [0.2, 0.25) is 5.02 Å². The molecule has 116 valence electrons. The van der Waals surface area contributed by atoms with Crippen LogP contribution in [0, 0.1) is 0 Å². The highest BCUT2D eigenvalue weighted by Crippen LogP contribution is 2.30. The fourth-order valence-electron chi connectivity index (χ4n) is 3.15. The van der Waals surface area contributed by atoms with Crippen LogP contribution in [0.1, 0.15) is 0 Å². The Kier molecular flexibility index (Phi) is 3.78. The van der Waals surface area contributed by atoms with Gasteiger partial charge < -0.3 is 15.1 Å². The van der Waals surface area contributed by atoms with Crippen molar-refractivity contribution in [1.82, 2.24) is 15.6 Å². The SMILES string of the molecule is Clc1cc2cc(N3CCNC3)ccc2nc1N1CCNCC1. The largest absolute Gasteiger partial charge is 0.357 e. The quantitative estimate of drug-likeness (QED) is 0.882. The van der Waals surface area contributed by atoms with Gasteiger partial charge in [0.25, 0.3) is 0 Å². The first kappa shape index (κ1) is 14.1. The van der Waals surface area contributed by atoms with Gasteiger partial charge in [0, 0.05) is 50.3 Å². The van der Waals surface area contributed by atoms with Crippen LogP contribution < -0.4 is 20.4 Å². The summed E-state index contributed by atoms with van der Waals surface area (Å²) in [7, 11) is 0. The predicted octanol–water partition coefficient (Wildman–Crippen LogP) is 1.66. The van der Waals surface area contributed by atoms with Gasteiger partial charge in [0.15, 0.2) is 0 Å². The van der Waals surface area contributed by atoms with E-state index in [4.69, 9.17) is 16.6 Å². The third-order valence-electron chi connectivity index (χ3n) is 4.38. The van der Waals surface area contributed by atoms with Crippen LogP contribution in [0.25, 0.3) is 10.9 Å². The zero-order valence-electron chi connectivity index (χ0n) is 12.5. The molecule has 0 unspecified atom stereocenters. The third-order valence-corrected chi connectivity index (χ3v) is 4.65. The molecule has 0 aliphatic carbocycles. The Balaban J connectivity index is 1.70. The van der Waals surface area contributed by atoms with Crippen LogP contribution in [0.3, 0.4) is 0 Å². The summed E-state index contributed by atoms with van der Waals surface area (Å²) in [6.45, 7) is 6.87. The Bertz CT molecular complexity index is 678. The normalized spacial score (nSPS) is 19.1. The van der Waals surface area contributed by atoms with Crippen molar-refractivity contribution in [1.29, 1.82) is 0 Å². The smallest absolute Gasteiger partial charge is 0.148 e. The molecule has 3 heterocycles. The molecule has 0 amide bonds. The molecular formula is C16H20ClN5. The minimum atomic E-state index is 0.742. The molecule has 2 saturated heterocycles. The minimum Gasteiger partial charge on any atom is -0.357 e. The summed E-state index contributed by atoms with van der Waals surface area (Å²) in [5.74, 6) is 0.909. The maximum absolute atomic E-state index is 6.50. The zero-order chi connectivity index (χ0) is 14.9. The average molecular weight is 318 g/mol. The van der Waals surface area contributed by atoms with Gasteiger partial charge in [-0.15, -0.1) is 0 Å². The van der Waals surface area contributed by atoms with Crippen LogP contribution in [-0.2, 0) is 0 Å². The van der Waals surface area contributed by atoms with Crippen LogP contribution in [0.5, 0.6) is 0 Å². The van der Waals surface area contributed by atoms with Crippen molar-refractivity contribution in [3.05, 3.63) is 29.3 Å². The van der Waals surface area contributed by atoms with Gasteiger partial charge in [0.2, 0.25) is 0 Å². The van der Waals surface area contributed by atoms with Gasteiger partial charge in [0.05, 0.1) is 17.2 Å². The number of nitrogens with zero attached hydrogens (tertiary/aromatic N) is 3. The summed E-state index contributed by atoms with van der Waals surface area (Å²) >= 11 is 6.50. The number of anilines is 2. The van der Waals surface area contributed by atoms with Crippen molar-refractivity contribution >= 4 is 34.0 Å². The molecule has 4 rings (SSSR count). The second kappa shape index (κ2) is 5.91. The summed E-state index contributed by atoms with van der Waals surface area (Å²) < 4.78 is 0. The van der Waals surface area contributed by atoms with Crippen molar-refractivity contribution in [2.45, 2.75) is 0 Å². The number of halogens is 1. The van der Waals surface area contributed by atoms with Gasteiger partial charge in [-0.05, 0) is 24.3 Å². The number of pyridine rings is 1. The Labute approximate surface area is 135 Å². The molecule has 0 spiro atoms. The lowest BCUT2D eigenvalue weighted by Gasteiger charge is -2.29. The van der Waals surface area contributed by atoms with Gasteiger partial charge in [-0.3, -0.25) is 5.32 Å². The monoisotopic (exact) mass is 317 g/mol. The van der Waals surface area contributed by atoms with E-state index in [1.54, 1.807) is 0 Å². The average Bonchev–Trinajstić information content (AvgIpc) is 3.09. The van der Waals surface area contributed by atoms with Crippen molar-refractivity contribution in [2.75, 3.05) is 55.7 Å². The first-order chi connectivity index (χ1) is 10.8. The van der Waals surface area contributed by atoms with Crippen LogP contribution in [0.4, 0.5) is 11.5 Å². The van der Waals surface area contributed by atoms with Gasteiger partial charge in [-0.25, -0.2) is 4.98 Å². The summed E-state index contributed by atoms with van der Waals surface area (Å²) in [4.78, 5) is 9.39. The minimum absolute atomic E-state index is 0.742. The van der Waals surface area contributed by atoms with Gasteiger partial charge in [0.1, 0.15) is 5.82 Å². The van der Waals surface area contributed by atoms with E-state index in [1.165, 1.54) is 5.69 Å². The van der Waals surface area contributed by atoms with E-state index in [-0.39, 0.29) is 0 Å². The van der Waals surface area contributed by atoms with Crippen LogP contribution in [-0.4, -0.2) is 50.9 Å². The maximum atomic E-state index is 6.50. The van der Waals surface area contributed by atoms with Crippen molar-refractivity contribution in [2.24, 2.45) is 0 Å². The standard InChI is InChI=1S/C16H20ClN5/c17-14-10-12-9-13(22-8-5-19-11-22)1-2-15(12)20-16(14)21-6-3-18-4-7-21/h1-2,9-10,18-19H,3-8,11H2. The molecule has 2 N–H and O–H groups in total. The second-order valence-corrected chi connectivity index (χ2v) is 6.24.